The zero-order valence-electron chi connectivity index (χ0n) is 15.7. The Bertz CT molecular complexity index is 763. The average Bonchev–Trinajstić information content (AvgIpc) is 2.67. The molecular weight excluding hydrogens is 358 g/mol. The van der Waals surface area contributed by atoms with Gasteiger partial charge in [0.15, 0.2) is 0 Å². The van der Waals surface area contributed by atoms with Gasteiger partial charge in [0.1, 0.15) is 0 Å². The fourth-order valence-corrected chi connectivity index (χ4v) is 3.94. The maximum Gasteiger partial charge on any atom is 0.335 e. The highest BCUT2D eigenvalue weighted by atomic mass is 32.2. The predicted octanol–water partition coefficient (Wildman–Crippen LogP) is 3.53. The minimum Gasteiger partial charge on any atom is -0.337 e. The van der Waals surface area contributed by atoms with Crippen molar-refractivity contribution < 1.29 is 4.79 Å². The van der Waals surface area contributed by atoms with Crippen LogP contribution in [0, 0.1) is 0 Å². The van der Waals surface area contributed by atoms with Gasteiger partial charge in [0, 0.05) is 22.6 Å². The Morgan fingerprint density at radius 1 is 1.11 bits per heavy atom. The van der Waals surface area contributed by atoms with Gasteiger partial charge in [-0.2, -0.15) is 5.10 Å². The molecule has 1 aliphatic rings. The van der Waals surface area contributed by atoms with Gasteiger partial charge in [-0.3, -0.25) is 0 Å². The molecule has 0 saturated carbocycles. The molecule has 0 unspecified atom stereocenters. The molecule has 0 radical (unpaired) electrons. The maximum atomic E-state index is 11.8. The van der Waals surface area contributed by atoms with Crippen LogP contribution in [0.25, 0.3) is 0 Å². The molecule has 6 nitrogen and oxygen atoms in total. The van der Waals surface area contributed by atoms with Crippen LogP contribution in [0.2, 0.25) is 0 Å². The first-order chi connectivity index (χ1) is 13.1. The normalized spacial score (nSPS) is 12.8. The van der Waals surface area contributed by atoms with Crippen molar-refractivity contribution in [2.24, 2.45) is 5.10 Å². The summed E-state index contributed by atoms with van der Waals surface area (Å²) < 4.78 is 0. The molecule has 0 aliphatic carbocycles. The van der Waals surface area contributed by atoms with Gasteiger partial charge in [-0.1, -0.05) is 36.0 Å². The topological polar surface area (TPSA) is 60.0 Å². The number of benzene rings is 2. The third-order valence-corrected chi connectivity index (χ3v) is 5.25. The van der Waals surface area contributed by atoms with Crippen molar-refractivity contribution in [1.82, 2.24) is 15.6 Å². The number of hydrogen-bond acceptors (Lipinski definition) is 5. The number of nitrogens with zero attached hydrogens (tertiary/aromatic N) is 3. The number of anilines is 2. The highest BCUT2D eigenvalue weighted by Gasteiger charge is 2.21. The summed E-state index contributed by atoms with van der Waals surface area (Å²) in [5.41, 5.74) is 4.84. The monoisotopic (exact) mass is 383 g/mol. The van der Waals surface area contributed by atoms with Crippen molar-refractivity contribution in [3.05, 3.63) is 48.5 Å². The van der Waals surface area contributed by atoms with E-state index in [1.165, 1.54) is 9.79 Å². The SMILES string of the molecule is CN(C)CCCNC(=O)N/N=C/CN1c2ccccc2Sc2ccccc21. The molecule has 142 valence electrons. The molecule has 0 atom stereocenters. The van der Waals surface area contributed by atoms with Crippen LogP contribution in [-0.2, 0) is 0 Å². The van der Waals surface area contributed by atoms with E-state index in [-0.39, 0.29) is 6.03 Å². The van der Waals surface area contributed by atoms with Crippen LogP contribution in [0.1, 0.15) is 6.42 Å². The zero-order chi connectivity index (χ0) is 19.1. The average molecular weight is 384 g/mol. The molecule has 2 aromatic carbocycles. The highest BCUT2D eigenvalue weighted by molar-refractivity contribution is 7.99. The van der Waals surface area contributed by atoms with Crippen molar-refractivity contribution >= 4 is 35.4 Å². The van der Waals surface area contributed by atoms with E-state index in [0.717, 1.165) is 24.3 Å². The fraction of sp³-hybridized carbons (Fsp3) is 0.300. The number of fused-ring (bicyclic) bond motifs is 2. The second-order valence-electron chi connectivity index (χ2n) is 6.48. The molecule has 27 heavy (non-hydrogen) atoms. The Morgan fingerprint density at radius 3 is 2.37 bits per heavy atom. The van der Waals surface area contributed by atoms with E-state index in [1.54, 1.807) is 18.0 Å². The molecule has 1 heterocycles. The molecule has 3 rings (SSSR count). The summed E-state index contributed by atoms with van der Waals surface area (Å²) in [4.78, 5) is 18.5. The molecule has 0 spiro atoms. The van der Waals surface area contributed by atoms with Crippen LogP contribution >= 0.6 is 11.8 Å². The number of hydrogen-bond donors (Lipinski definition) is 2. The molecule has 1 aliphatic heterocycles. The molecule has 0 fully saturated rings. The molecule has 2 aromatic rings. The van der Waals surface area contributed by atoms with Crippen LogP contribution in [-0.4, -0.2) is 50.9 Å². The molecular formula is C20H25N5OS. The molecule has 2 amide bonds. The lowest BCUT2D eigenvalue weighted by molar-refractivity contribution is 0.240. The summed E-state index contributed by atoms with van der Waals surface area (Å²) in [6.45, 7) is 2.15. The van der Waals surface area contributed by atoms with Crippen molar-refractivity contribution in [2.75, 3.05) is 38.6 Å². The summed E-state index contributed by atoms with van der Waals surface area (Å²) in [5, 5.41) is 6.88. The Balaban J connectivity index is 1.56. The second kappa shape index (κ2) is 9.43. The Kier molecular flexibility index (Phi) is 6.73. The smallest absolute Gasteiger partial charge is 0.335 e. The van der Waals surface area contributed by atoms with E-state index in [0.29, 0.717) is 13.1 Å². The fourth-order valence-electron chi connectivity index (χ4n) is 2.84. The summed E-state index contributed by atoms with van der Waals surface area (Å²) in [6.07, 6.45) is 2.63. The Hall–Kier alpha value is -2.51. The van der Waals surface area contributed by atoms with Crippen LogP contribution in [0.3, 0.4) is 0 Å². The Morgan fingerprint density at radius 2 is 1.74 bits per heavy atom. The lowest BCUT2D eigenvalue weighted by atomic mass is 10.2. The van der Waals surface area contributed by atoms with Gasteiger partial charge < -0.3 is 15.1 Å². The number of rotatable bonds is 7. The number of urea groups is 1. The van der Waals surface area contributed by atoms with Crippen LogP contribution in [0.5, 0.6) is 0 Å². The van der Waals surface area contributed by atoms with Gasteiger partial charge in [-0.05, 0) is 51.3 Å². The van der Waals surface area contributed by atoms with E-state index in [2.05, 4.69) is 49.9 Å². The summed E-state index contributed by atoms with van der Waals surface area (Å²) in [5.74, 6) is 0. The van der Waals surface area contributed by atoms with Crippen molar-refractivity contribution in [3.8, 4) is 0 Å². The number of nitrogens with one attached hydrogen (secondary N) is 2. The molecule has 0 bridgehead atoms. The first kappa shape index (κ1) is 19.3. The third-order valence-electron chi connectivity index (χ3n) is 4.12. The van der Waals surface area contributed by atoms with E-state index in [9.17, 15) is 4.79 Å². The third kappa shape index (κ3) is 5.24. The van der Waals surface area contributed by atoms with Gasteiger partial charge in [-0.15, -0.1) is 0 Å². The maximum absolute atomic E-state index is 11.8. The summed E-state index contributed by atoms with van der Waals surface area (Å²) in [7, 11) is 4.03. The van der Waals surface area contributed by atoms with E-state index >= 15 is 0 Å². The van der Waals surface area contributed by atoms with Gasteiger partial charge in [0.05, 0.1) is 17.9 Å². The number of hydrazone groups is 1. The number of para-hydroxylation sites is 2. The standard InChI is InChI=1S/C20H25N5OS/c1-24(2)14-7-12-21-20(26)23-22-13-15-25-16-8-3-5-10-18(16)27-19-11-6-4-9-17(19)25/h3-6,8-11,13H,7,12,14-15H2,1-2H3,(H2,21,23,26)/b22-13+. The van der Waals surface area contributed by atoms with E-state index in [4.69, 9.17) is 0 Å². The summed E-state index contributed by atoms with van der Waals surface area (Å²) >= 11 is 1.77. The largest absolute Gasteiger partial charge is 0.337 e. The minimum atomic E-state index is -0.278. The van der Waals surface area contributed by atoms with Crippen molar-refractivity contribution in [2.45, 2.75) is 16.2 Å². The summed E-state index contributed by atoms with van der Waals surface area (Å²) in [6, 6.07) is 16.4. The lowest BCUT2D eigenvalue weighted by Crippen LogP contribution is -2.34. The van der Waals surface area contributed by atoms with Crippen LogP contribution in [0.15, 0.2) is 63.4 Å². The van der Waals surface area contributed by atoms with E-state index in [1.807, 2.05) is 38.4 Å². The zero-order valence-corrected chi connectivity index (χ0v) is 16.5. The Labute approximate surface area is 164 Å². The first-order valence-corrected chi connectivity index (χ1v) is 9.80. The van der Waals surface area contributed by atoms with Gasteiger partial charge >= 0.3 is 6.03 Å². The number of carbonyl (C=O) groups excluding carboxylic acids is 1. The molecule has 7 heteroatoms. The first-order valence-electron chi connectivity index (χ1n) is 8.98. The number of amides is 2. The van der Waals surface area contributed by atoms with Gasteiger partial charge in [-0.25, -0.2) is 10.2 Å². The number of carbonyl (C=O) groups is 1. The highest BCUT2D eigenvalue weighted by Crippen LogP contribution is 2.47. The van der Waals surface area contributed by atoms with Crippen LogP contribution in [0.4, 0.5) is 16.2 Å². The van der Waals surface area contributed by atoms with E-state index < -0.39 is 0 Å². The molecule has 0 saturated heterocycles. The van der Waals surface area contributed by atoms with Crippen molar-refractivity contribution in [3.63, 3.8) is 0 Å². The molecule has 2 N–H and O–H groups in total. The lowest BCUT2D eigenvalue weighted by Gasteiger charge is -2.31. The van der Waals surface area contributed by atoms with Crippen molar-refractivity contribution in [1.29, 1.82) is 0 Å². The van der Waals surface area contributed by atoms with Gasteiger partial charge in [0.2, 0.25) is 0 Å². The minimum absolute atomic E-state index is 0.278. The van der Waals surface area contributed by atoms with Gasteiger partial charge in [0.25, 0.3) is 0 Å². The van der Waals surface area contributed by atoms with Crippen LogP contribution < -0.4 is 15.6 Å². The predicted molar refractivity (Wildman–Crippen MR) is 112 cm³/mol. The molecule has 0 aromatic heterocycles. The quantitative estimate of drug-likeness (QED) is 0.436. The second-order valence-corrected chi connectivity index (χ2v) is 7.57.